The van der Waals surface area contributed by atoms with Crippen LogP contribution in [0.25, 0.3) is 0 Å². The average Bonchev–Trinajstić information content (AvgIpc) is 2.76. The number of hydrogen-bond acceptors (Lipinski definition) is 7. The number of anilines is 2. The minimum Gasteiger partial charge on any atom is -0.396 e. The molecule has 0 spiro atoms. The van der Waals surface area contributed by atoms with Crippen LogP contribution in [0.1, 0.15) is 22.5 Å². The number of carbonyl (C=O) groups excluding carboxylic acids is 1. The summed E-state index contributed by atoms with van der Waals surface area (Å²) in [4.78, 5) is 13.4. The minimum atomic E-state index is -3.56. The van der Waals surface area contributed by atoms with E-state index < -0.39 is 15.7 Å². The summed E-state index contributed by atoms with van der Waals surface area (Å²) in [5.41, 5.74) is 11.0. The minimum absolute atomic E-state index is 0.0104. The molecular weight excluding hydrogens is 314 g/mol. The zero-order valence-electron chi connectivity index (χ0n) is 11.7. The molecule has 118 valence electrons. The van der Waals surface area contributed by atoms with Crippen molar-refractivity contribution in [2.24, 2.45) is 11.7 Å². The Morgan fingerprint density at radius 2 is 2.00 bits per heavy atom. The quantitative estimate of drug-likeness (QED) is 0.714. The van der Waals surface area contributed by atoms with Crippen LogP contribution in [0.15, 0.2) is 4.90 Å². The van der Waals surface area contributed by atoms with E-state index in [2.05, 4.69) is 0 Å². The second-order valence-electron chi connectivity index (χ2n) is 5.23. The largest absolute Gasteiger partial charge is 0.396 e. The van der Waals surface area contributed by atoms with Crippen molar-refractivity contribution in [2.75, 3.05) is 36.6 Å². The monoisotopic (exact) mass is 333 g/mol. The van der Waals surface area contributed by atoms with Crippen LogP contribution in [0.5, 0.6) is 0 Å². The van der Waals surface area contributed by atoms with E-state index >= 15 is 0 Å². The van der Waals surface area contributed by atoms with Gasteiger partial charge in [-0.3, -0.25) is 4.79 Å². The fourth-order valence-electron chi connectivity index (χ4n) is 2.48. The van der Waals surface area contributed by atoms with Gasteiger partial charge >= 0.3 is 0 Å². The van der Waals surface area contributed by atoms with E-state index in [0.29, 0.717) is 18.1 Å². The van der Waals surface area contributed by atoms with E-state index in [1.54, 1.807) is 0 Å². The molecule has 1 aliphatic heterocycles. The van der Waals surface area contributed by atoms with E-state index in [9.17, 15) is 13.2 Å². The van der Waals surface area contributed by atoms with Crippen LogP contribution in [-0.4, -0.2) is 45.4 Å². The van der Waals surface area contributed by atoms with Gasteiger partial charge in [-0.15, -0.1) is 11.3 Å². The van der Waals surface area contributed by atoms with Crippen LogP contribution in [0.3, 0.4) is 0 Å². The summed E-state index contributed by atoms with van der Waals surface area (Å²) < 4.78 is 24.0. The molecule has 1 saturated heterocycles. The number of sulfone groups is 1. The molecule has 0 aliphatic carbocycles. The predicted octanol–water partition coefficient (Wildman–Crippen LogP) is 0.0414. The van der Waals surface area contributed by atoms with Crippen LogP contribution in [0.2, 0.25) is 0 Å². The Hall–Kier alpha value is -1.32. The summed E-state index contributed by atoms with van der Waals surface area (Å²) in [6, 6.07) is 0. The molecule has 1 aromatic rings. The highest BCUT2D eigenvalue weighted by molar-refractivity contribution is 7.91. The fourth-order valence-corrected chi connectivity index (χ4v) is 5.10. The van der Waals surface area contributed by atoms with Crippen molar-refractivity contribution in [1.82, 2.24) is 0 Å². The third-order valence-corrected chi connectivity index (χ3v) is 6.20. The molecular formula is C12H19N3O4S2. The number of nitrogens with zero attached hydrogens (tertiary/aromatic N) is 1. The van der Waals surface area contributed by atoms with Crippen molar-refractivity contribution in [3.05, 3.63) is 4.88 Å². The van der Waals surface area contributed by atoms with Gasteiger partial charge in [0.05, 0.1) is 5.69 Å². The second kappa shape index (κ2) is 5.82. The van der Waals surface area contributed by atoms with Gasteiger partial charge in [-0.25, -0.2) is 8.42 Å². The summed E-state index contributed by atoms with van der Waals surface area (Å²) in [5.74, 6) is -0.491. The number of rotatable bonds is 4. The molecule has 0 aromatic carbocycles. The molecule has 1 amide bonds. The SMILES string of the molecule is CS(=O)(=O)c1c(N2CCC(CO)CC2)sc(C(N)=O)c1N. The Labute approximate surface area is 127 Å². The molecule has 9 heteroatoms. The number of aliphatic hydroxyl groups is 1. The first kappa shape index (κ1) is 16.1. The maximum Gasteiger partial charge on any atom is 0.261 e. The molecule has 5 N–H and O–H groups in total. The van der Waals surface area contributed by atoms with E-state index in [-0.39, 0.29) is 28.0 Å². The van der Waals surface area contributed by atoms with Crippen molar-refractivity contribution in [2.45, 2.75) is 17.7 Å². The van der Waals surface area contributed by atoms with Crippen molar-refractivity contribution in [3.8, 4) is 0 Å². The molecule has 21 heavy (non-hydrogen) atoms. The van der Waals surface area contributed by atoms with E-state index in [1.807, 2.05) is 4.90 Å². The van der Waals surface area contributed by atoms with Crippen molar-refractivity contribution in [1.29, 1.82) is 0 Å². The highest BCUT2D eigenvalue weighted by atomic mass is 32.2. The lowest BCUT2D eigenvalue weighted by atomic mass is 9.98. The summed E-state index contributed by atoms with van der Waals surface area (Å²) in [6.07, 6.45) is 2.60. The molecule has 0 atom stereocenters. The molecule has 0 saturated carbocycles. The maximum absolute atomic E-state index is 12.0. The topological polar surface area (TPSA) is 127 Å². The van der Waals surface area contributed by atoms with Gasteiger partial charge in [-0.05, 0) is 18.8 Å². The van der Waals surface area contributed by atoms with Gasteiger partial charge in [0, 0.05) is 26.0 Å². The average molecular weight is 333 g/mol. The second-order valence-corrected chi connectivity index (χ2v) is 8.18. The third-order valence-electron chi connectivity index (χ3n) is 3.64. The van der Waals surface area contributed by atoms with E-state index in [0.717, 1.165) is 30.4 Å². The molecule has 1 aliphatic rings. The molecule has 0 bridgehead atoms. The molecule has 1 aromatic heterocycles. The summed E-state index contributed by atoms with van der Waals surface area (Å²) in [6.45, 7) is 1.36. The van der Waals surface area contributed by atoms with Crippen LogP contribution < -0.4 is 16.4 Å². The molecule has 0 unspecified atom stereocenters. The number of nitrogens with two attached hydrogens (primary N) is 2. The van der Waals surface area contributed by atoms with Gasteiger partial charge in [0.2, 0.25) is 0 Å². The summed E-state index contributed by atoms with van der Waals surface area (Å²) in [7, 11) is -3.56. The van der Waals surface area contributed by atoms with Crippen LogP contribution in [0.4, 0.5) is 10.7 Å². The Kier molecular flexibility index (Phi) is 4.45. The highest BCUT2D eigenvalue weighted by Gasteiger charge is 2.30. The number of hydrogen-bond donors (Lipinski definition) is 3. The number of aliphatic hydroxyl groups excluding tert-OH is 1. The number of primary amides is 1. The normalized spacial score (nSPS) is 17.1. The van der Waals surface area contributed by atoms with Gasteiger partial charge in [-0.2, -0.15) is 0 Å². The van der Waals surface area contributed by atoms with Crippen molar-refractivity contribution < 1.29 is 18.3 Å². The van der Waals surface area contributed by atoms with Gasteiger partial charge < -0.3 is 21.5 Å². The number of carbonyl (C=O) groups is 1. The van der Waals surface area contributed by atoms with Gasteiger partial charge in [0.25, 0.3) is 5.91 Å². The molecule has 0 radical (unpaired) electrons. The van der Waals surface area contributed by atoms with Crippen LogP contribution >= 0.6 is 11.3 Å². The maximum atomic E-state index is 12.0. The van der Waals surface area contributed by atoms with Gasteiger partial charge in [0.1, 0.15) is 14.8 Å². The Bertz CT molecular complexity index is 646. The fraction of sp³-hybridized carbons (Fsp3) is 0.583. The molecule has 1 fully saturated rings. The summed E-state index contributed by atoms with van der Waals surface area (Å²) in [5, 5.41) is 9.63. The highest BCUT2D eigenvalue weighted by Crippen LogP contribution is 2.42. The lowest BCUT2D eigenvalue weighted by Crippen LogP contribution is -2.34. The van der Waals surface area contributed by atoms with Crippen molar-refractivity contribution in [3.63, 3.8) is 0 Å². The molecule has 2 rings (SSSR count). The lowest BCUT2D eigenvalue weighted by molar-refractivity contribution is 0.100. The first-order valence-corrected chi connectivity index (χ1v) is 9.24. The first-order valence-electron chi connectivity index (χ1n) is 6.53. The number of piperidine rings is 1. The van der Waals surface area contributed by atoms with Crippen LogP contribution in [-0.2, 0) is 9.84 Å². The standard InChI is InChI=1S/C12H19N3O4S2/c1-21(18,19)10-8(13)9(11(14)17)20-12(10)15-4-2-7(6-16)3-5-15/h7,16H,2-6,13H2,1H3,(H2,14,17). The van der Waals surface area contributed by atoms with Crippen LogP contribution in [0, 0.1) is 5.92 Å². The lowest BCUT2D eigenvalue weighted by Gasteiger charge is -2.32. The Morgan fingerprint density at radius 3 is 2.43 bits per heavy atom. The van der Waals surface area contributed by atoms with E-state index in [4.69, 9.17) is 16.6 Å². The Balaban J connectivity index is 2.44. The summed E-state index contributed by atoms with van der Waals surface area (Å²) >= 11 is 1.02. The molecule has 7 nitrogen and oxygen atoms in total. The Morgan fingerprint density at radius 1 is 1.43 bits per heavy atom. The number of nitrogen functional groups attached to an aromatic ring is 1. The van der Waals surface area contributed by atoms with Gasteiger partial charge in [0.15, 0.2) is 9.84 Å². The van der Waals surface area contributed by atoms with Gasteiger partial charge in [-0.1, -0.05) is 0 Å². The number of amides is 1. The molecule has 2 heterocycles. The third kappa shape index (κ3) is 3.14. The number of thiophene rings is 1. The van der Waals surface area contributed by atoms with E-state index in [1.165, 1.54) is 0 Å². The zero-order chi connectivity index (χ0) is 15.8. The first-order chi connectivity index (χ1) is 9.75. The zero-order valence-corrected chi connectivity index (χ0v) is 13.3. The smallest absolute Gasteiger partial charge is 0.261 e. The van der Waals surface area contributed by atoms with Crippen molar-refractivity contribution >= 4 is 37.8 Å². The predicted molar refractivity (Wildman–Crippen MR) is 82.4 cm³/mol.